The SMILES string of the molecule is CCS(=O)N1CC(CC#N)(n2cc(-c3nc(Nc4cnn(CCOC)c4)nc4ccsc34)cn2)C1. The average molecular weight is 512 g/mol. The molecule has 1 saturated heterocycles. The topological polar surface area (TPSA) is 127 Å². The van der Waals surface area contributed by atoms with E-state index in [2.05, 4.69) is 26.6 Å². The molecule has 35 heavy (non-hydrogen) atoms. The van der Waals surface area contributed by atoms with Crippen molar-refractivity contribution in [1.82, 2.24) is 33.8 Å². The summed E-state index contributed by atoms with van der Waals surface area (Å²) >= 11 is 1.57. The standard InChI is InChI=1S/C22H25N9O2S2/c1-3-35(32)30-14-22(15-30,5-6-23)31-12-16(10-25-31)19-20-18(4-9-34-20)27-21(28-19)26-17-11-24-29(13-17)7-8-33-2/h4,9-13H,3,5,7-8,14-15H2,1-2H3,(H,26,27,28). The van der Waals surface area contributed by atoms with Gasteiger partial charge >= 0.3 is 0 Å². The number of nitrogens with one attached hydrogen (secondary N) is 1. The highest BCUT2D eigenvalue weighted by Gasteiger charge is 2.47. The number of hydrogen-bond acceptors (Lipinski definition) is 9. The first-order chi connectivity index (χ1) is 17.0. The van der Waals surface area contributed by atoms with E-state index in [-0.39, 0.29) is 0 Å². The van der Waals surface area contributed by atoms with Gasteiger partial charge in [0.2, 0.25) is 5.95 Å². The second kappa shape index (κ2) is 9.82. The zero-order chi connectivity index (χ0) is 24.4. The number of nitriles is 1. The smallest absolute Gasteiger partial charge is 0.228 e. The molecule has 0 amide bonds. The van der Waals surface area contributed by atoms with Crippen LogP contribution in [0.4, 0.5) is 11.6 Å². The van der Waals surface area contributed by atoms with Gasteiger partial charge in [-0.05, 0) is 11.4 Å². The molecule has 11 nitrogen and oxygen atoms in total. The first-order valence-electron chi connectivity index (χ1n) is 11.1. The monoisotopic (exact) mass is 511 g/mol. The van der Waals surface area contributed by atoms with Crippen LogP contribution in [0.25, 0.3) is 21.5 Å². The van der Waals surface area contributed by atoms with Gasteiger partial charge in [0.25, 0.3) is 0 Å². The van der Waals surface area contributed by atoms with Crippen molar-refractivity contribution in [2.75, 3.05) is 37.9 Å². The molecule has 1 N–H and O–H groups in total. The van der Waals surface area contributed by atoms with Gasteiger partial charge in [0.05, 0.1) is 70.6 Å². The number of fused-ring (bicyclic) bond motifs is 1. The van der Waals surface area contributed by atoms with Crippen LogP contribution in [0.5, 0.6) is 0 Å². The molecule has 182 valence electrons. The fourth-order valence-electron chi connectivity index (χ4n) is 4.11. The molecule has 13 heteroatoms. The van der Waals surface area contributed by atoms with Crippen LogP contribution in [0.15, 0.2) is 36.2 Å². The number of anilines is 2. The van der Waals surface area contributed by atoms with E-state index in [4.69, 9.17) is 9.72 Å². The van der Waals surface area contributed by atoms with Crippen molar-refractivity contribution in [3.05, 3.63) is 36.2 Å². The molecule has 0 radical (unpaired) electrons. The molecule has 5 heterocycles. The lowest BCUT2D eigenvalue weighted by Crippen LogP contribution is -2.63. The zero-order valence-electron chi connectivity index (χ0n) is 19.4. The first kappa shape index (κ1) is 23.6. The number of methoxy groups -OCH3 is 1. The second-order valence-electron chi connectivity index (χ2n) is 8.28. The molecule has 1 unspecified atom stereocenters. The Balaban J connectivity index is 1.43. The highest BCUT2D eigenvalue weighted by Crippen LogP contribution is 2.36. The van der Waals surface area contributed by atoms with Gasteiger partial charge < -0.3 is 10.1 Å². The zero-order valence-corrected chi connectivity index (χ0v) is 21.1. The summed E-state index contributed by atoms with van der Waals surface area (Å²) in [6.45, 7) is 4.18. The van der Waals surface area contributed by atoms with Gasteiger partial charge in [0.15, 0.2) is 0 Å². The van der Waals surface area contributed by atoms with E-state index in [1.807, 2.05) is 39.8 Å². The van der Waals surface area contributed by atoms with Gasteiger partial charge in [-0.25, -0.2) is 18.5 Å². The quantitative estimate of drug-likeness (QED) is 0.344. The van der Waals surface area contributed by atoms with Crippen molar-refractivity contribution in [3.63, 3.8) is 0 Å². The van der Waals surface area contributed by atoms with Crippen LogP contribution in [-0.2, 0) is 27.8 Å². The Bertz CT molecular complexity index is 1400. The van der Waals surface area contributed by atoms with Crippen molar-refractivity contribution >= 4 is 44.2 Å². The summed E-state index contributed by atoms with van der Waals surface area (Å²) in [5, 5.41) is 23.6. The predicted octanol–water partition coefficient (Wildman–Crippen LogP) is 2.75. The number of hydrogen-bond donors (Lipinski definition) is 1. The largest absolute Gasteiger partial charge is 0.383 e. The molecule has 1 atom stereocenters. The van der Waals surface area contributed by atoms with Crippen LogP contribution < -0.4 is 5.32 Å². The van der Waals surface area contributed by atoms with E-state index in [0.29, 0.717) is 44.4 Å². The van der Waals surface area contributed by atoms with E-state index in [0.717, 1.165) is 27.2 Å². The average Bonchev–Trinajstić information content (AvgIpc) is 3.60. The van der Waals surface area contributed by atoms with E-state index < -0.39 is 16.5 Å². The van der Waals surface area contributed by atoms with Gasteiger partial charge in [-0.1, -0.05) is 6.92 Å². The summed E-state index contributed by atoms with van der Waals surface area (Å²) in [5.41, 5.74) is 2.74. The van der Waals surface area contributed by atoms with Crippen molar-refractivity contribution in [2.24, 2.45) is 0 Å². The van der Waals surface area contributed by atoms with E-state index in [9.17, 15) is 9.47 Å². The minimum Gasteiger partial charge on any atom is -0.383 e. The first-order valence-corrected chi connectivity index (χ1v) is 13.3. The lowest BCUT2D eigenvalue weighted by molar-refractivity contribution is 0.0765. The molecule has 1 aliphatic rings. The summed E-state index contributed by atoms with van der Waals surface area (Å²) in [4.78, 5) is 9.46. The Kier molecular flexibility index (Phi) is 6.61. The van der Waals surface area contributed by atoms with Gasteiger partial charge in [-0.2, -0.15) is 15.5 Å². The number of thiophene rings is 1. The van der Waals surface area contributed by atoms with Gasteiger partial charge in [-0.15, -0.1) is 11.3 Å². The highest BCUT2D eigenvalue weighted by molar-refractivity contribution is 7.82. The fourth-order valence-corrected chi connectivity index (χ4v) is 6.08. The number of nitrogens with zero attached hydrogens (tertiary/aromatic N) is 8. The molecule has 0 aromatic carbocycles. The second-order valence-corrected chi connectivity index (χ2v) is 10.9. The Labute approximate surface area is 208 Å². The summed E-state index contributed by atoms with van der Waals surface area (Å²) in [6.07, 6.45) is 7.60. The maximum Gasteiger partial charge on any atom is 0.228 e. The van der Waals surface area contributed by atoms with Crippen LogP contribution in [-0.4, -0.2) is 70.6 Å². The Hall–Kier alpha value is -3.18. The van der Waals surface area contributed by atoms with E-state index in [1.165, 1.54) is 0 Å². The van der Waals surface area contributed by atoms with Gasteiger partial charge in [-0.3, -0.25) is 9.36 Å². The fraction of sp³-hybridized carbons (Fsp3) is 0.409. The number of ether oxygens (including phenoxy) is 1. The summed E-state index contributed by atoms with van der Waals surface area (Å²) in [5.74, 6) is 1.02. The molecular weight excluding hydrogens is 486 g/mol. The highest BCUT2D eigenvalue weighted by atomic mass is 32.2. The van der Waals surface area contributed by atoms with Crippen LogP contribution in [0.3, 0.4) is 0 Å². The van der Waals surface area contributed by atoms with E-state index in [1.54, 1.807) is 35.5 Å². The lowest BCUT2D eigenvalue weighted by atomic mass is 9.89. The van der Waals surface area contributed by atoms with Crippen LogP contribution in [0.1, 0.15) is 13.3 Å². The van der Waals surface area contributed by atoms with Gasteiger partial charge in [0, 0.05) is 43.9 Å². The number of rotatable bonds is 10. The van der Waals surface area contributed by atoms with Crippen molar-refractivity contribution in [3.8, 4) is 17.3 Å². The van der Waals surface area contributed by atoms with Crippen LogP contribution in [0.2, 0.25) is 0 Å². The summed E-state index contributed by atoms with van der Waals surface area (Å²) in [6, 6.07) is 4.24. The molecule has 0 bridgehead atoms. The third-order valence-electron chi connectivity index (χ3n) is 5.94. The van der Waals surface area contributed by atoms with Crippen molar-refractivity contribution < 1.29 is 8.95 Å². The molecule has 4 aromatic heterocycles. The van der Waals surface area contributed by atoms with Crippen molar-refractivity contribution in [1.29, 1.82) is 5.26 Å². The molecule has 1 fully saturated rings. The summed E-state index contributed by atoms with van der Waals surface area (Å²) < 4.78 is 23.8. The van der Waals surface area contributed by atoms with Crippen molar-refractivity contribution in [2.45, 2.75) is 25.4 Å². The maximum absolute atomic E-state index is 12.2. The normalized spacial score (nSPS) is 16.1. The Morgan fingerprint density at radius 2 is 2.14 bits per heavy atom. The molecule has 4 aromatic rings. The molecule has 5 rings (SSSR count). The minimum atomic E-state index is -1.03. The molecule has 0 aliphatic carbocycles. The van der Waals surface area contributed by atoms with E-state index >= 15 is 0 Å². The molecule has 1 aliphatic heterocycles. The minimum absolute atomic E-state index is 0.295. The summed E-state index contributed by atoms with van der Waals surface area (Å²) in [7, 11) is 0.626. The number of aromatic nitrogens is 6. The third-order valence-corrected chi connectivity index (χ3v) is 8.18. The lowest BCUT2D eigenvalue weighted by Gasteiger charge is -2.47. The Morgan fingerprint density at radius 1 is 1.29 bits per heavy atom. The van der Waals surface area contributed by atoms with Gasteiger partial charge in [0.1, 0.15) is 5.54 Å². The Morgan fingerprint density at radius 3 is 2.91 bits per heavy atom. The molecule has 0 saturated carbocycles. The molecule has 0 spiro atoms. The predicted molar refractivity (Wildman–Crippen MR) is 134 cm³/mol. The third kappa shape index (κ3) is 4.57. The van der Waals surface area contributed by atoms with Crippen LogP contribution in [0, 0.1) is 11.3 Å². The maximum atomic E-state index is 12.2. The van der Waals surface area contributed by atoms with Crippen LogP contribution >= 0.6 is 11.3 Å². The molecular formula is C22H25N9O2S2.